The number of halogens is 2. The van der Waals surface area contributed by atoms with E-state index in [-0.39, 0.29) is 0 Å². The van der Waals surface area contributed by atoms with Crippen LogP contribution in [0.15, 0.2) is 50.0 Å². The van der Waals surface area contributed by atoms with Gasteiger partial charge < -0.3 is 9.26 Å². The number of nitrogens with zero attached hydrogens (tertiary/aromatic N) is 2. The highest BCUT2D eigenvalue weighted by atomic mass is 79.9. The number of aromatic nitrogens is 2. The number of pyridine rings is 1. The smallest absolute Gasteiger partial charge is 0.353 e. The van der Waals surface area contributed by atoms with Crippen LogP contribution in [0.4, 0.5) is 0 Å². The molecule has 27 heavy (non-hydrogen) atoms. The first-order valence-electron chi connectivity index (χ1n) is 7.93. The lowest BCUT2D eigenvalue weighted by Crippen LogP contribution is -2.07. The maximum absolute atomic E-state index is 12.7. The summed E-state index contributed by atoms with van der Waals surface area (Å²) in [5.74, 6) is 0.680. The summed E-state index contributed by atoms with van der Waals surface area (Å²) in [7, 11) is 0. The molecule has 0 fully saturated rings. The monoisotopic (exact) mass is 506 g/mol. The summed E-state index contributed by atoms with van der Waals surface area (Å²) in [5, 5.41) is 4.83. The topological polar surface area (TPSA) is 65.2 Å². The number of carbonyl (C=O) groups excluding carboxylic acids is 1. The predicted molar refractivity (Wildman–Crippen MR) is 111 cm³/mol. The van der Waals surface area contributed by atoms with Crippen molar-refractivity contribution in [3.05, 3.63) is 61.8 Å². The molecule has 0 aliphatic carbocycles. The van der Waals surface area contributed by atoms with E-state index in [0.29, 0.717) is 20.6 Å². The van der Waals surface area contributed by atoms with Crippen LogP contribution in [0.5, 0.6) is 5.75 Å². The van der Waals surface area contributed by atoms with Crippen molar-refractivity contribution < 1.29 is 14.1 Å². The molecule has 0 aliphatic rings. The van der Waals surface area contributed by atoms with Gasteiger partial charge in [0.2, 0.25) is 0 Å². The summed E-state index contributed by atoms with van der Waals surface area (Å²) in [6.07, 6.45) is 1.67. The van der Waals surface area contributed by atoms with Crippen molar-refractivity contribution in [3.8, 4) is 16.2 Å². The highest BCUT2D eigenvalue weighted by molar-refractivity contribution is 9.11. The molecule has 0 bridgehead atoms. The Hall–Kier alpha value is -2.03. The van der Waals surface area contributed by atoms with Crippen LogP contribution in [0.1, 0.15) is 21.1 Å². The SMILES string of the molecule is Cc1noc(C)c1-c1ccc(C(=O)Oc2c(Br)cc(Br)c3cccnc23)s1. The number of hydrogen-bond acceptors (Lipinski definition) is 6. The molecule has 5 nitrogen and oxygen atoms in total. The lowest BCUT2D eigenvalue weighted by molar-refractivity contribution is 0.0740. The van der Waals surface area contributed by atoms with Crippen molar-refractivity contribution >= 4 is 60.1 Å². The first kappa shape index (κ1) is 18.3. The highest BCUT2D eigenvalue weighted by Gasteiger charge is 2.20. The van der Waals surface area contributed by atoms with E-state index in [1.54, 1.807) is 12.3 Å². The van der Waals surface area contributed by atoms with Crippen LogP contribution in [0.25, 0.3) is 21.3 Å². The summed E-state index contributed by atoms with van der Waals surface area (Å²) >= 11 is 8.31. The van der Waals surface area contributed by atoms with Gasteiger partial charge in [0.05, 0.1) is 15.7 Å². The van der Waals surface area contributed by atoms with Crippen LogP contribution >= 0.6 is 43.2 Å². The number of benzene rings is 1. The molecule has 8 heteroatoms. The second-order valence-electron chi connectivity index (χ2n) is 5.82. The molecule has 0 aliphatic heterocycles. The standard InChI is InChI=1S/C19H12Br2N2O3S/c1-9-16(10(2)26-23-9)14-5-6-15(27-14)19(24)25-18-13(21)8-12(20)11-4-3-7-22-17(11)18/h3-8H,1-2H3. The summed E-state index contributed by atoms with van der Waals surface area (Å²) in [6, 6.07) is 9.21. The largest absolute Gasteiger partial charge is 0.419 e. The van der Waals surface area contributed by atoms with Crippen LogP contribution in [0.3, 0.4) is 0 Å². The van der Waals surface area contributed by atoms with Gasteiger partial charge in [0.25, 0.3) is 0 Å². The number of hydrogen-bond donors (Lipinski definition) is 0. The second-order valence-corrected chi connectivity index (χ2v) is 8.61. The second kappa shape index (κ2) is 7.18. The predicted octanol–water partition coefficient (Wildman–Crippen LogP) is 6.31. The summed E-state index contributed by atoms with van der Waals surface area (Å²) in [6.45, 7) is 3.73. The first-order chi connectivity index (χ1) is 13.0. The molecule has 0 N–H and O–H groups in total. The molecule has 4 aromatic rings. The Bertz CT molecular complexity index is 1160. The van der Waals surface area contributed by atoms with Gasteiger partial charge in [-0.05, 0) is 54.0 Å². The van der Waals surface area contributed by atoms with Crippen LogP contribution < -0.4 is 4.74 Å². The third-order valence-electron chi connectivity index (χ3n) is 4.03. The number of rotatable bonds is 3. The molecule has 3 aromatic heterocycles. The van der Waals surface area contributed by atoms with Crippen LogP contribution in [0.2, 0.25) is 0 Å². The van der Waals surface area contributed by atoms with Gasteiger partial charge in [-0.15, -0.1) is 11.3 Å². The highest BCUT2D eigenvalue weighted by Crippen LogP contribution is 2.38. The van der Waals surface area contributed by atoms with Crippen molar-refractivity contribution in [2.24, 2.45) is 0 Å². The fraction of sp³-hybridized carbons (Fsp3) is 0.105. The van der Waals surface area contributed by atoms with Gasteiger partial charge in [-0.1, -0.05) is 27.2 Å². The van der Waals surface area contributed by atoms with E-state index < -0.39 is 5.97 Å². The lowest BCUT2D eigenvalue weighted by atomic mass is 10.2. The number of esters is 1. The molecule has 0 atom stereocenters. The Morgan fingerprint density at radius 2 is 2.00 bits per heavy atom. The molecular weight excluding hydrogens is 496 g/mol. The average molecular weight is 508 g/mol. The van der Waals surface area contributed by atoms with Gasteiger partial charge in [0.15, 0.2) is 5.75 Å². The summed E-state index contributed by atoms with van der Waals surface area (Å²) in [4.78, 5) is 18.5. The molecule has 4 rings (SSSR count). The molecular formula is C19H12Br2N2O3S. The molecule has 0 spiro atoms. The number of aryl methyl sites for hydroxylation is 2. The van der Waals surface area contributed by atoms with Gasteiger partial charge in [0.1, 0.15) is 16.2 Å². The van der Waals surface area contributed by atoms with E-state index >= 15 is 0 Å². The fourth-order valence-corrected chi connectivity index (χ4v) is 5.18. The fourth-order valence-electron chi connectivity index (χ4n) is 2.80. The molecule has 0 amide bonds. The van der Waals surface area contributed by atoms with Crippen molar-refractivity contribution in [1.82, 2.24) is 10.1 Å². The van der Waals surface area contributed by atoms with Crippen molar-refractivity contribution in [2.75, 3.05) is 0 Å². The maximum atomic E-state index is 12.7. The van der Waals surface area contributed by atoms with Crippen molar-refractivity contribution in [1.29, 1.82) is 0 Å². The third-order valence-corrected chi connectivity index (χ3v) is 6.36. The average Bonchev–Trinajstić information content (AvgIpc) is 3.25. The molecule has 0 saturated carbocycles. The number of thiophene rings is 1. The van der Waals surface area contributed by atoms with Crippen LogP contribution in [-0.4, -0.2) is 16.1 Å². The Balaban J connectivity index is 1.69. The molecule has 0 unspecified atom stereocenters. The Morgan fingerprint density at radius 1 is 1.19 bits per heavy atom. The molecule has 3 heterocycles. The quantitative estimate of drug-likeness (QED) is 0.240. The lowest BCUT2D eigenvalue weighted by Gasteiger charge is -2.10. The minimum atomic E-state index is -0.437. The van der Waals surface area contributed by atoms with Gasteiger partial charge >= 0.3 is 5.97 Å². The zero-order valence-corrected chi connectivity index (χ0v) is 18.2. The number of carbonyl (C=O) groups is 1. The van der Waals surface area contributed by atoms with E-state index in [0.717, 1.165) is 31.8 Å². The molecule has 1 aromatic carbocycles. The summed E-state index contributed by atoms with van der Waals surface area (Å²) in [5.41, 5.74) is 2.31. The Morgan fingerprint density at radius 3 is 2.74 bits per heavy atom. The van der Waals surface area contributed by atoms with Crippen molar-refractivity contribution in [3.63, 3.8) is 0 Å². The minimum Gasteiger partial charge on any atom is -0.419 e. The van der Waals surface area contributed by atoms with E-state index in [2.05, 4.69) is 42.0 Å². The number of fused-ring (bicyclic) bond motifs is 1. The van der Waals surface area contributed by atoms with Gasteiger partial charge in [-0.3, -0.25) is 4.98 Å². The van der Waals surface area contributed by atoms with Crippen molar-refractivity contribution in [2.45, 2.75) is 13.8 Å². The first-order valence-corrected chi connectivity index (χ1v) is 10.3. The minimum absolute atomic E-state index is 0.395. The maximum Gasteiger partial charge on any atom is 0.353 e. The zero-order valence-electron chi connectivity index (χ0n) is 14.2. The van der Waals surface area contributed by atoms with Gasteiger partial charge in [0, 0.05) is 20.9 Å². The van der Waals surface area contributed by atoms with Crippen LogP contribution in [-0.2, 0) is 0 Å². The normalized spacial score (nSPS) is 11.1. The van der Waals surface area contributed by atoms with Crippen LogP contribution in [0, 0.1) is 13.8 Å². The van der Waals surface area contributed by atoms with E-state index in [4.69, 9.17) is 9.26 Å². The number of ether oxygens (including phenoxy) is 1. The third kappa shape index (κ3) is 3.33. The van der Waals surface area contributed by atoms with Gasteiger partial charge in [-0.25, -0.2) is 4.79 Å². The molecule has 0 radical (unpaired) electrons. The Kier molecular flexibility index (Phi) is 4.88. The molecule has 136 valence electrons. The Labute approximate surface area is 175 Å². The van der Waals surface area contributed by atoms with Gasteiger partial charge in [-0.2, -0.15) is 0 Å². The van der Waals surface area contributed by atoms with E-state index in [1.807, 2.05) is 38.1 Å². The summed E-state index contributed by atoms with van der Waals surface area (Å²) < 4.78 is 12.4. The van der Waals surface area contributed by atoms with E-state index in [1.165, 1.54) is 11.3 Å². The molecule has 0 saturated heterocycles. The zero-order chi connectivity index (χ0) is 19.1. The van der Waals surface area contributed by atoms with E-state index in [9.17, 15) is 4.79 Å².